The summed E-state index contributed by atoms with van der Waals surface area (Å²) < 4.78 is 39.9. The molecule has 2 aromatic rings. The fraction of sp³-hybridized carbons (Fsp3) is 0.300. The van der Waals surface area contributed by atoms with E-state index in [4.69, 9.17) is 5.11 Å². The van der Waals surface area contributed by atoms with Gasteiger partial charge in [0.1, 0.15) is 18.5 Å². The molecule has 0 bridgehead atoms. The molecule has 11 heteroatoms. The SMILES string of the molecule is Cc1cc(S(=O)(=O)NCc2ccc(C(=O)NC(CC(=O)O)C(O)CF)cc2)ccc1O. The van der Waals surface area contributed by atoms with Crippen molar-refractivity contribution in [3.63, 3.8) is 0 Å². The van der Waals surface area contributed by atoms with Gasteiger partial charge < -0.3 is 20.6 Å². The van der Waals surface area contributed by atoms with Crippen LogP contribution in [0.25, 0.3) is 0 Å². The van der Waals surface area contributed by atoms with Gasteiger partial charge in [0.05, 0.1) is 17.4 Å². The van der Waals surface area contributed by atoms with Gasteiger partial charge in [0.25, 0.3) is 5.91 Å². The van der Waals surface area contributed by atoms with E-state index in [9.17, 15) is 32.6 Å². The summed E-state index contributed by atoms with van der Waals surface area (Å²) in [6, 6.07) is 8.38. The molecule has 9 nitrogen and oxygen atoms in total. The highest BCUT2D eigenvalue weighted by Crippen LogP contribution is 2.20. The van der Waals surface area contributed by atoms with Gasteiger partial charge in [-0.3, -0.25) is 9.59 Å². The van der Waals surface area contributed by atoms with Crippen LogP contribution < -0.4 is 10.0 Å². The average Bonchev–Trinajstić information content (AvgIpc) is 2.73. The molecule has 2 rings (SSSR count). The largest absolute Gasteiger partial charge is 0.508 e. The third-order valence-corrected chi connectivity index (χ3v) is 5.89. The first kappa shape index (κ1) is 24.3. The van der Waals surface area contributed by atoms with Gasteiger partial charge >= 0.3 is 5.97 Å². The van der Waals surface area contributed by atoms with Crippen molar-refractivity contribution in [1.29, 1.82) is 0 Å². The van der Waals surface area contributed by atoms with Crippen LogP contribution in [-0.2, 0) is 21.4 Å². The number of aromatic hydroxyl groups is 1. The Hall–Kier alpha value is -3.02. The van der Waals surface area contributed by atoms with E-state index in [-0.39, 0.29) is 22.8 Å². The number of halogens is 1. The number of hydrogen-bond acceptors (Lipinski definition) is 6. The fourth-order valence-electron chi connectivity index (χ4n) is 2.66. The van der Waals surface area contributed by atoms with E-state index in [0.717, 1.165) is 0 Å². The van der Waals surface area contributed by atoms with Crippen LogP contribution in [0.4, 0.5) is 4.39 Å². The van der Waals surface area contributed by atoms with Crippen molar-refractivity contribution in [1.82, 2.24) is 10.0 Å². The molecule has 1 amide bonds. The summed E-state index contributed by atoms with van der Waals surface area (Å²) in [5.74, 6) is -2.02. The zero-order chi connectivity index (χ0) is 23.2. The van der Waals surface area contributed by atoms with Gasteiger partial charge in [-0.2, -0.15) is 0 Å². The normalized spacial score (nSPS) is 13.4. The summed E-state index contributed by atoms with van der Waals surface area (Å²) in [5, 5.41) is 30.2. The number of carbonyl (C=O) groups excluding carboxylic acids is 1. The maximum Gasteiger partial charge on any atom is 0.305 e. The number of carbonyl (C=O) groups is 2. The minimum atomic E-state index is -3.82. The molecule has 0 fully saturated rings. The van der Waals surface area contributed by atoms with Gasteiger partial charge in [-0.05, 0) is 48.4 Å². The van der Waals surface area contributed by atoms with Crippen molar-refractivity contribution >= 4 is 21.9 Å². The van der Waals surface area contributed by atoms with Gasteiger partial charge in [-0.15, -0.1) is 0 Å². The fourth-order valence-corrected chi connectivity index (χ4v) is 3.76. The van der Waals surface area contributed by atoms with Crippen LogP contribution >= 0.6 is 0 Å². The van der Waals surface area contributed by atoms with Gasteiger partial charge in [0.15, 0.2) is 0 Å². The van der Waals surface area contributed by atoms with Crippen LogP contribution in [0, 0.1) is 6.92 Å². The smallest absolute Gasteiger partial charge is 0.305 e. The maximum atomic E-state index is 12.7. The highest BCUT2D eigenvalue weighted by atomic mass is 32.2. The number of phenolic OH excluding ortho intramolecular Hbond substituents is 1. The molecule has 0 saturated carbocycles. The van der Waals surface area contributed by atoms with E-state index in [1.54, 1.807) is 6.92 Å². The Balaban J connectivity index is 2.03. The number of amides is 1. The van der Waals surface area contributed by atoms with Crippen LogP contribution in [0.15, 0.2) is 47.4 Å². The van der Waals surface area contributed by atoms with Crippen molar-refractivity contribution in [2.24, 2.45) is 0 Å². The van der Waals surface area contributed by atoms with Crippen molar-refractivity contribution in [3.05, 3.63) is 59.2 Å². The lowest BCUT2D eigenvalue weighted by Crippen LogP contribution is -2.45. The minimum absolute atomic E-state index is 0.00492. The first-order chi connectivity index (χ1) is 14.5. The molecule has 0 aliphatic carbocycles. The Morgan fingerprint density at radius 2 is 1.77 bits per heavy atom. The third kappa shape index (κ3) is 6.74. The summed E-state index contributed by atoms with van der Waals surface area (Å²) >= 11 is 0. The lowest BCUT2D eigenvalue weighted by atomic mass is 10.1. The number of alkyl halides is 1. The van der Waals surface area contributed by atoms with E-state index in [2.05, 4.69) is 10.0 Å². The number of aliphatic carboxylic acids is 1. The zero-order valence-electron chi connectivity index (χ0n) is 16.6. The number of aryl methyl sites for hydroxylation is 1. The Morgan fingerprint density at radius 3 is 2.32 bits per heavy atom. The summed E-state index contributed by atoms with van der Waals surface area (Å²) in [7, 11) is -3.82. The van der Waals surface area contributed by atoms with Gasteiger partial charge in [-0.25, -0.2) is 17.5 Å². The Labute approximate surface area is 178 Å². The third-order valence-electron chi connectivity index (χ3n) is 4.49. The zero-order valence-corrected chi connectivity index (χ0v) is 17.4. The van der Waals surface area contributed by atoms with Crippen LogP contribution in [0.1, 0.15) is 27.9 Å². The lowest BCUT2D eigenvalue weighted by molar-refractivity contribution is -0.138. The standard InChI is InChI=1S/C20H23FN2O7S/c1-12-8-15(6-7-17(12)24)31(29,30)22-11-13-2-4-14(5-3-13)20(28)23-16(9-19(26)27)18(25)10-21/h2-8,16,18,22,24-25H,9-11H2,1H3,(H,23,28)(H,26,27). The molecular weight excluding hydrogens is 431 g/mol. The van der Waals surface area contributed by atoms with Gasteiger partial charge in [0, 0.05) is 12.1 Å². The van der Waals surface area contributed by atoms with Crippen molar-refractivity contribution < 1.29 is 37.7 Å². The van der Waals surface area contributed by atoms with Crippen molar-refractivity contribution in [3.8, 4) is 5.75 Å². The molecule has 2 unspecified atom stereocenters. The predicted octanol–water partition coefficient (Wildman–Crippen LogP) is 1.08. The molecule has 0 heterocycles. The predicted molar refractivity (Wildman–Crippen MR) is 109 cm³/mol. The van der Waals surface area contributed by atoms with Crippen LogP contribution in [0.2, 0.25) is 0 Å². The van der Waals surface area contributed by atoms with E-state index >= 15 is 0 Å². The number of benzene rings is 2. The highest BCUT2D eigenvalue weighted by Gasteiger charge is 2.24. The first-order valence-corrected chi connectivity index (χ1v) is 10.7. The monoisotopic (exact) mass is 454 g/mol. The van der Waals surface area contributed by atoms with E-state index in [0.29, 0.717) is 11.1 Å². The number of nitrogens with one attached hydrogen (secondary N) is 2. The van der Waals surface area contributed by atoms with Crippen LogP contribution in [0.5, 0.6) is 5.75 Å². The number of aliphatic hydroxyl groups is 1. The molecule has 0 aliphatic heterocycles. The van der Waals surface area contributed by atoms with Gasteiger partial charge in [0.2, 0.25) is 10.0 Å². The number of aliphatic hydroxyl groups excluding tert-OH is 1. The molecule has 0 aliphatic rings. The Bertz CT molecular complexity index is 1040. The van der Waals surface area contributed by atoms with Crippen LogP contribution in [-0.4, -0.2) is 54.4 Å². The summed E-state index contributed by atoms with van der Waals surface area (Å²) in [6.45, 7) is 0.302. The summed E-state index contributed by atoms with van der Waals surface area (Å²) in [6.07, 6.45) is -2.30. The molecule has 0 spiro atoms. The number of carboxylic acids is 1. The molecule has 0 radical (unpaired) electrons. The molecule has 2 aromatic carbocycles. The van der Waals surface area contributed by atoms with Crippen molar-refractivity contribution in [2.45, 2.75) is 36.9 Å². The first-order valence-electron chi connectivity index (χ1n) is 9.18. The van der Waals surface area contributed by atoms with E-state index in [1.165, 1.54) is 42.5 Å². The van der Waals surface area contributed by atoms with E-state index < -0.39 is 47.1 Å². The quantitative estimate of drug-likeness (QED) is 0.360. The second-order valence-corrected chi connectivity index (χ2v) is 8.64. The summed E-state index contributed by atoms with van der Waals surface area (Å²) in [4.78, 5) is 23.1. The second kappa shape index (κ2) is 10.3. The molecule has 0 aromatic heterocycles. The number of phenols is 1. The Kier molecular flexibility index (Phi) is 8.08. The molecule has 0 saturated heterocycles. The molecular formula is C20H23FN2O7S. The second-order valence-electron chi connectivity index (χ2n) is 6.87. The average molecular weight is 454 g/mol. The molecule has 168 valence electrons. The number of sulfonamides is 1. The summed E-state index contributed by atoms with van der Waals surface area (Å²) in [5.41, 5.74) is 1.08. The molecule has 31 heavy (non-hydrogen) atoms. The molecule has 2 atom stereocenters. The van der Waals surface area contributed by atoms with Crippen molar-refractivity contribution in [2.75, 3.05) is 6.67 Å². The minimum Gasteiger partial charge on any atom is -0.508 e. The number of carboxylic acid groups (broad SMARTS) is 1. The molecule has 5 N–H and O–H groups in total. The van der Waals surface area contributed by atoms with E-state index in [1.807, 2.05) is 0 Å². The van der Waals surface area contributed by atoms with Gasteiger partial charge in [-0.1, -0.05) is 12.1 Å². The highest BCUT2D eigenvalue weighted by molar-refractivity contribution is 7.89. The van der Waals surface area contributed by atoms with Crippen LogP contribution in [0.3, 0.4) is 0 Å². The Morgan fingerprint density at radius 1 is 1.13 bits per heavy atom. The number of rotatable bonds is 10. The topological polar surface area (TPSA) is 153 Å². The maximum absolute atomic E-state index is 12.7. The lowest BCUT2D eigenvalue weighted by Gasteiger charge is -2.20. The number of hydrogen-bond donors (Lipinski definition) is 5.